The number of aromatic nitrogens is 5. The van der Waals surface area contributed by atoms with Gasteiger partial charge in [0.05, 0.1) is 42.3 Å². The summed E-state index contributed by atoms with van der Waals surface area (Å²) < 4.78 is 22.3. The summed E-state index contributed by atoms with van der Waals surface area (Å²) in [5.74, 6) is 0.535. The van der Waals surface area contributed by atoms with Gasteiger partial charge in [-0.05, 0) is 36.4 Å². The van der Waals surface area contributed by atoms with E-state index >= 15 is 4.39 Å². The predicted molar refractivity (Wildman–Crippen MR) is 143 cm³/mol. The van der Waals surface area contributed by atoms with Crippen molar-refractivity contribution in [2.45, 2.75) is 18.1 Å². The summed E-state index contributed by atoms with van der Waals surface area (Å²) >= 11 is 0. The lowest BCUT2D eigenvalue weighted by Gasteiger charge is -2.23. The third-order valence-corrected chi connectivity index (χ3v) is 8.27. The molecule has 0 radical (unpaired) electrons. The summed E-state index contributed by atoms with van der Waals surface area (Å²) in [6, 6.07) is 16.3. The molecule has 2 saturated heterocycles. The topological polar surface area (TPSA) is 137 Å². The second-order valence-corrected chi connectivity index (χ2v) is 10.5. The van der Waals surface area contributed by atoms with Gasteiger partial charge in [0.2, 0.25) is 0 Å². The Hall–Kier alpha value is -5.36. The number of ether oxygens (including phenoxy) is 1. The molecule has 4 atom stereocenters. The number of piperidine rings is 1. The molecule has 0 N–H and O–H groups in total. The molecule has 3 aromatic heterocycles. The minimum Gasteiger partial charge on any atom is -0.442 e. The zero-order valence-corrected chi connectivity index (χ0v) is 21.6. The predicted octanol–water partition coefficient (Wildman–Crippen LogP) is 3.30. The lowest BCUT2D eigenvalue weighted by molar-refractivity contribution is 0.129. The molecule has 1 aliphatic carbocycles. The number of amides is 1. The molecule has 7 rings (SSSR count). The number of nitriles is 2. The Morgan fingerprint density at radius 1 is 1.05 bits per heavy atom. The van der Waals surface area contributed by atoms with Gasteiger partial charge in [0.1, 0.15) is 29.2 Å². The van der Waals surface area contributed by atoms with Crippen molar-refractivity contribution in [1.82, 2.24) is 25.0 Å². The summed E-state index contributed by atoms with van der Waals surface area (Å²) in [5.41, 5.74) is 1.83. The van der Waals surface area contributed by atoms with Crippen LogP contribution in [0.1, 0.15) is 11.3 Å². The van der Waals surface area contributed by atoms with Crippen molar-refractivity contribution in [2.24, 2.45) is 11.8 Å². The molecule has 1 aromatic carbocycles. The Morgan fingerprint density at radius 2 is 1.90 bits per heavy atom. The molecule has 1 amide bonds. The van der Waals surface area contributed by atoms with Gasteiger partial charge in [-0.15, -0.1) is 5.10 Å². The Morgan fingerprint density at radius 3 is 2.54 bits per heavy atom. The van der Waals surface area contributed by atoms with Crippen LogP contribution in [0.25, 0.3) is 11.1 Å². The van der Waals surface area contributed by atoms with Crippen LogP contribution in [0.2, 0.25) is 0 Å². The average molecular weight is 548 g/mol. The highest BCUT2D eigenvalue weighted by atomic mass is 19.1. The van der Waals surface area contributed by atoms with E-state index in [1.54, 1.807) is 59.8 Å². The van der Waals surface area contributed by atoms with Crippen LogP contribution in [0.3, 0.4) is 0 Å². The molecular formula is C29H22FN9O2. The fourth-order valence-electron chi connectivity index (χ4n) is 6.13. The molecule has 12 heteroatoms. The molecule has 4 aromatic rings. The van der Waals surface area contributed by atoms with Crippen LogP contribution in [0.5, 0.6) is 0 Å². The number of pyridine rings is 2. The van der Waals surface area contributed by atoms with Crippen LogP contribution in [0, 0.1) is 40.3 Å². The molecule has 3 fully saturated rings. The minimum absolute atomic E-state index is 0.118. The zero-order valence-electron chi connectivity index (χ0n) is 21.6. The molecule has 2 aliphatic heterocycles. The van der Waals surface area contributed by atoms with E-state index in [2.05, 4.69) is 37.3 Å². The van der Waals surface area contributed by atoms with Crippen LogP contribution >= 0.6 is 0 Å². The van der Waals surface area contributed by atoms with Crippen molar-refractivity contribution in [3.05, 3.63) is 84.3 Å². The van der Waals surface area contributed by atoms with Crippen LogP contribution < -0.4 is 9.80 Å². The number of rotatable bonds is 6. The number of cyclic esters (lactones) is 1. The van der Waals surface area contributed by atoms with Crippen LogP contribution in [-0.2, 0) is 16.7 Å². The standard InChI is InChI=1S/C29H22FN9O2/c30-25-9-20(39-14-21(41-28(39)40)13-38-8-7-35-36-38)3-4-22(25)19-2-5-26(33-12-19)29(17-32)23-15-37(16-24(23)29)27-6-1-18(10-31)11-34-27/h1-9,11-12,21,23-24H,13-16H2/t21-,23-,24+,29?/m0/s1. The van der Waals surface area contributed by atoms with E-state index in [1.807, 2.05) is 6.07 Å². The Labute approximate surface area is 234 Å². The quantitative estimate of drug-likeness (QED) is 0.356. The van der Waals surface area contributed by atoms with E-state index in [-0.39, 0.29) is 18.4 Å². The first kappa shape index (κ1) is 24.7. The summed E-state index contributed by atoms with van der Waals surface area (Å²) in [5, 5.41) is 26.8. The number of fused-ring (bicyclic) bond motifs is 1. The molecule has 1 unspecified atom stereocenters. The Kier molecular flexibility index (Phi) is 5.64. The van der Waals surface area contributed by atoms with Gasteiger partial charge in [-0.1, -0.05) is 11.3 Å². The summed E-state index contributed by atoms with van der Waals surface area (Å²) in [4.78, 5) is 24.9. The van der Waals surface area contributed by atoms with Gasteiger partial charge < -0.3 is 9.64 Å². The number of anilines is 2. The van der Waals surface area contributed by atoms with Gasteiger partial charge in [-0.25, -0.2) is 18.9 Å². The van der Waals surface area contributed by atoms with E-state index in [0.717, 1.165) is 5.82 Å². The van der Waals surface area contributed by atoms with Crippen molar-refractivity contribution < 1.29 is 13.9 Å². The van der Waals surface area contributed by atoms with Crippen LogP contribution in [0.15, 0.2) is 67.3 Å². The molecule has 5 heterocycles. The first-order valence-electron chi connectivity index (χ1n) is 13.1. The number of benzene rings is 1. The highest BCUT2D eigenvalue weighted by Crippen LogP contribution is 2.63. The van der Waals surface area contributed by atoms with Gasteiger partial charge >= 0.3 is 6.09 Å². The molecular weight excluding hydrogens is 525 g/mol. The van der Waals surface area contributed by atoms with Gasteiger partial charge in [0, 0.05) is 54.6 Å². The number of carbonyl (C=O) groups excluding carboxylic acids is 1. The first-order valence-corrected chi connectivity index (χ1v) is 13.1. The lowest BCUT2D eigenvalue weighted by Crippen LogP contribution is -2.30. The third-order valence-electron chi connectivity index (χ3n) is 8.27. The van der Waals surface area contributed by atoms with E-state index in [4.69, 9.17) is 10.00 Å². The number of hydrogen-bond acceptors (Lipinski definition) is 9. The number of halogens is 1. The van der Waals surface area contributed by atoms with Crippen LogP contribution in [-0.4, -0.2) is 56.8 Å². The monoisotopic (exact) mass is 547 g/mol. The summed E-state index contributed by atoms with van der Waals surface area (Å²) in [6.07, 6.45) is 5.41. The molecule has 11 nitrogen and oxygen atoms in total. The van der Waals surface area contributed by atoms with Crippen LogP contribution in [0.4, 0.5) is 20.7 Å². The van der Waals surface area contributed by atoms with Crippen molar-refractivity contribution in [3.63, 3.8) is 0 Å². The number of nitrogens with zero attached hydrogens (tertiary/aromatic N) is 9. The summed E-state index contributed by atoms with van der Waals surface area (Å²) in [7, 11) is 0. The first-order chi connectivity index (χ1) is 20.0. The van der Waals surface area contributed by atoms with Gasteiger partial charge in [-0.3, -0.25) is 9.88 Å². The normalized spacial score (nSPS) is 24.5. The Bertz CT molecular complexity index is 1700. The Balaban J connectivity index is 1.04. The van der Waals surface area contributed by atoms with E-state index < -0.39 is 23.4 Å². The van der Waals surface area contributed by atoms with E-state index in [0.29, 0.717) is 47.7 Å². The third kappa shape index (κ3) is 4.03. The van der Waals surface area contributed by atoms with Crippen molar-refractivity contribution >= 4 is 17.6 Å². The average Bonchev–Trinajstić information content (AvgIpc) is 3.50. The maximum atomic E-state index is 15.3. The second kappa shape index (κ2) is 9.38. The van der Waals surface area contributed by atoms with Gasteiger partial charge in [0.25, 0.3) is 0 Å². The molecule has 41 heavy (non-hydrogen) atoms. The molecule has 3 aliphatic rings. The van der Waals surface area contributed by atoms with Crippen molar-refractivity contribution in [3.8, 4) is 23.3 Å². The SMILES string of the molecule is N#Cc1ccc(N2C[C@@H]3[C@H](C2)C3(C#N)c2ccc(-c3ccc(N4C[C@H](Cn5ccnn5)OC4=O)cc3F)cn2)nc1. The summed E-state index contributed by atoms with van der Waals surface area (Å²) in [6.45, 7) is 1.98. The number of hydrogen-bond donors (Lipinski definition) is 0. The number of carbonyl (C=O) groups is 1. The fourth-order valence-corrected chi connectivity index (χ4v) is 6.13. The second-order valence-electron chi connectivity index (χ2n) is 10.5. The van der Waals surface area contributed by atoms with Gasteiger partial charge in [0.15, 0.2) is 0 Å². The van der Waals surface area contributed by atoms with Crippen molar-refractivity contribution in [1.29, 1.82) is 10.5 Å². The van der Waals surface area contributed by atoms with Gasteiger partial charge in [-0.2, -0.15) is 10.5 Å². The maximum absolute atomic E-state index is 15.3. The lowest BCUT2D eigenvalue weighted by atomic mass is 9.95. The molecule has 1 saturated carbocycles. The zero-order chi connectivity index (χ0) is 28.1. The van der Waals surface area contributed by atoms with E-state index in [1.165, 1.54) is 11.0 Å². The molecule has 0 spiro atoms. The van der Waals surface area contributed by atoms with E-state index in [9.17, 15) is 10.1 Å². The smallest absolute Gasteiger partial charge is 0.414 e. The fraction of sp³-hybridized carbons (Fsp3) is 0.276. The maximum Gasteiger partial charge on any atom is 0.414 e. The highest BCUT2D eigenvalue weighted by Gasteiger charge is 2.71. The highest BCUT2D eigenvalue weighted by molar-refractivity contribution is 5.90. The molecule has 202 valence electrons. The van der Waals surface area contributed by atoms with Crippen molar-refractivity contribution in [2.75, 3.05) is 29.4 Å². The largest absolute Gasteiger partial charge is 0.442 e. The molecule has 0 bridgehead atoms. The minimum atomic E-state index is -0.678.